The van der Waals surface area contributed by atoms with Gasteiger partial charge in [0.2, 0.25) is 0 Å². The summed E-state index contributed by atoms with van der Waals surface area (Å²) >= 11 is 5.77. The highest BCUT2D eigenvalue weighted by atomic mass is 32.1. The number of aromatic amines is 1. The molecule has 2 heterocycles. The maximum atomic E-state index is 12.9. The summed E-state index contributed by atoms with van der Waals surface area (Å²) in [5.74, 6) is 0.710. The monoisotopic (exact) mass is 451 g/mol. The van der Waals surface area contributed by atoms with Gasteiger partial charge in [0.1, 0.15) is 5.75 Å². The molecule has 1 saturated heterocycles. The average molecular weight is 452 g/mol. The SMILES string of the molecule is COc1ccccc1NC(=S)N(Cc1cc2cc(C)c(C)cc2[nH]c1=O)C[C@@H]1CCCO1. The van der Waals surface area contributed by atoms with E-state index in [4.69, 9.17) is 21.7 Å². The lowest BCUT2D eigenvalue weighted by Gasteiger charge is -2.28. The van der Waals surface area contributed by atoms with Gasteiger partial charge < -0.3 is 24.7 Å². The van der Waals surface area contributed by atoms with Gasteiger partial charge in [-0.05, 0) is 85.8 Å². The summed E-state index contributed by atoms with van der Waals surface area (Å²) in [7, 11) is 1.63. The lowest BCUT2D eigenvalue weighted by molar-refractivity contribution is 0.0904. The Kier molecular flexibility index (Phi) is 6.77. The predicted octanol–water partition coefficient (Wildman–Crippen LogP) is 4.53. The summed E-state index contributed by atoms with van der Waals surface area (Å²) in [4.78, 5) is 17.9. The molecule has 6 nitrogen and oxygen atoms in total. The summed E-state index contributed by atoms with van der Waals surface area (Å²) < 4.78 is 11.3. The third-order valence-electron chi connectivity index (χ3n) is 5.98. The average Bonchev–Trinajstić information content (AvgIpc) is 3.29. The lowest BCUT2D eigenvalue weighted by Crippen LogP contribution is -2.40. The number of hydrogen-bond acceptors (Lipinski definition) is 4. The van der Waals surface area contributed by atoms with Crippen molar-refractivity contribution in [1.82, 2.24) is 9.88 Å². The molecule has 168 valence electrons. The van der Waals surface area contributed by atoms with Gasteiger partial charge in [0.25, 0.3) is 5.56 Å². The molecule has 2 N–H and O–H groups in total. The second-order valence-corrected chi connectivity index (χ2v) is 8.68. The first kappa shape index (κ1) is 22.3. The van der Waals surface area contributed by atoms with Crippen LogP contribution in [0.15, 0.2) is 47.3 Å². The quantitative estimate of drug-likeness (QED) is 0.537. The van der Waals surface area contributed by atoms with Crippen LogP contribution in [-0.4, -0.2) is 41.4 Å². The number of aryl methyl sites for hydroxylation is 2. The molecule has 1 aliphatic rings. The van der Waals surface area contributed by atoms with Gasteiger partial charge in [-0.25, -0.2) is 0 Å². The number of nitrogens with one attached hydrogen (secondary N) is 2. The van der Waals surface area contributed by atoms with E-state index in [0.717, 1.165) is 41.6 Å². The Morgan fingerprint density at radius 1 is 1.25 bits per heavy atom. The Morgan fingerprint density at radius 3 is 2.78 bits per heavy atom. The van der Waals surface area contributed by atoms with Crippen molar-refractivity contribution in [3.8, 4) is 5.75 Å². The van der Waals surface area contributed by atoms with Crippen molar-refractivity contribution in [2.75, 3.05) is 25.6 Å². The standard InChI is InChI=1S/C25H29N3O3S/c1-16-11-18-13-19(24(29)26-22(18)12-17(16)2)14-28(15-20-7-6-10-31-20)25(32)27-21-8-4-5-9-23(21)30-3/h4-5,8-9,11-13,20H,6-7,10,14-15H2,1-3H3,(H,26,29)(H,27,32)/t20-/m0/s1. The van der Waals surface area contributed by atoms with Gasteiger partial charge in [0, 0.05) is 24.2 Å². The van der Waals surface area contributed by atoms with Crippen LogP contribution in [0.1, 0.15) is 29.5 Å². The summed E-state index contributed by atoms with van der Waals surface area (Å²) in [5, 5.41) is 4.84. The van der Waals surface area contributed by atoms with E-state index in [9.17, 15) is 4.79 Å². The number of H-pyrrole nitrogens is 1. The van der Waals surface area contributed by atoms with Gasteiger partial charge in [0.15, 0.2) is 5.11 Å². The first-order valence-electron chi connectivity index (χ1n) is 10.9. The molecular weight excluding hydrogens is 422 g/mol. The van der Waals surface area contributed by atoms with Gasteiger partial charge in [-0.1, -0.05) is 12.1 Å². The van der Waals surface area contributed by atoms with Crippen molar-refractivity contribution >= 4 is 33.9 Å². The number of para-hydroxylation sites is 2. The number of rotatable bonds is 6. The summed E-state index contributed by atoms with van der Waals surface area (Å²) in [6, 6.07) is 13.7. The first-order valence-corrected chi connectivity index (χ1v) is 11.3. The molecular formula is C25H29N3O3S. The minimum atomic E-state index is -0.0989. The number of aromatic nitrogens is 1. The number of ether oxygens (including phenoxy) is 2. The summed E-state index contributed by atoms with van der Waals surface area (Å²) in [6.07, 6.45) is 2.12. The second kappa shape index (κ2) is 9.71. The van der Waals surface area contributed by atoms with E-state index < -0.39 is 0 Å². The minimum Gasteiger partial charge on any atom is -0.495 e. The number of thiocarbonyl (C=S) groups is 1. The van der Waals surface area contributed by atoms with Crippen LogP contribution in [0.5, 0.6) is 5.75 Å². The van der Waals surface area contributed by atoms with Crippen LogP contribution in [0, 0.1) is 13.8 Å². The van der Waals surface area contributed by atoms with Crippen molar-refractivity contribution in [2.24, 2.45) is 0 Å². The van der Waals surface area contributed by atoms with E-state index in [2.05, 4.69) is 23.3 Å². The topological polar surface area (TPSA) is 66.6 Å². The Labute approximate surface area is 193 Å². The third kappa shape index (κ3) is 4.95. The van der Waals surface area contributed by atoms with Crippen LogP contribution in [-0.2, 0) is 11.3 Å². The Morgan fingerprint density at radius 2 is 2.03 bits per heavy atom. The number of pyridine rings is 1. The van der Waals surface area contributed by atoms with Gasteiger partial charge in [-0.3, -0.25) is 4.79 Å². The van der Waals surface area contributed by atoms with E-state index >= 15 is 0 Å². The molecule has 1 atom stereocenters. The Hall–Kier alpha value is -2.90. The smallest absolute Gasteiger partial charge is 0.253 e. The maximum absolute atomic E-state index is 12.9. The van der Waals surface area contributed by atoms with Gasteiger partial charge in [-0.2, -0.15) is 0 Å². The molecule has 3 aromatic rings. The van der Waals surface area contributed by atoms with Crippen LogP contribution in [0.4, 0.5) is 5.69 Å². The Bertz CT molecular complexity index is 1180. The van der Waals surface area contributed by atoms with E-state index in [1.165, 1.54) is 5.56 Å². The van der Waals surface area contributed by atoms with Crippen molar-refractivity contribution in [1.29, 1.82) is 0 Å². The van der Waals surface area contributed by atoms with E-state index in [1.54, 1.807) is 7.11 Å². The highest BCUT2D eigenvalue weighted by Gasteiger charge is 2.22. The van der Waals surface area contributed by atoms with Crippen LogP contribution < -0.4 is 15.6 Å². The molecule has 0 aliphatic carbocycles. The molecule has 7 heteroatoms. The van der Waals surface area contributed by atoms with Crippen LogP contribution in [0.2, 0.25) is 0 Å². The number of fused-ring (bicyclic) bond motifs is 1. The molecule has 4 rings (SSSR count). The number of anilines is 1. The number of nitrogens with zero attached hydrogens (tertiary/aromatic N) is 1. The van der Waals surface area contributed by atoms with Crippen molar-refractivity contribution in [3.63, 3.8) is 0 Å². The van der Waals surface area contributed by atoms with Gasteiger partial charge in [-0.15, -0.1) is 0 Å². The van der Waals surface area contributed by atoms with E-state index in [1.807, 2.05) is 48.2 Å². The van der Waals surface area contributed by atoms with Crippen molar-refractivity contribution in [2.45, 2.75) is 39.3 Å². The molecule has 1 aliphatic heterocycles. The number of methoxy groups -OCH3 is 1. The fourth-order valence-electron chi connectivity index (χ4n) is 4.04. The molecule has 0 unspecified atom stereocenters. The third-order valence-corrected chi connectivity index (χ3v) is 6.34. The lowest BCUT2D eigenvalue weighted by atomic mass is 10.0. The molecule has 1 fully saturated rings. The largest absolute Gasteiger partial charge is 0.495 e. The fraction of sp³-hybridized carbons (Fsp3) is 0.360. The van der Waals surface area contributed by atoms with Crippen LogP contribution >= 0.6 is 12.2 Å². The van der Waals surface area contributed by atoms with Gasteiger partial charge in [0.05, 0.1) is 25.4 Å². The Balaban J connectivity index is 1.63. The molecule has 0 spiro atoms. The van der Waals surface area contributed by atoms with E-state index in [0.29, 0.717) is 29.5 Å². The predicted molar refractivity (Wildman–Crippen MR) is 133 cm³/mol. The summed E-state index contributed by atoms with van der Waals surface area (Å²) in [5.41, 5.74) is 4.56. The fourth-order valence-corrected chi connectivity index (χ4v) is 4.29. The highest BCUT2D eigenvalue weighted by molar-refractivity contribution is 7.80. The molecule has 0 saturated carbocycles. The number of hydrogen-bond donors (Lipinski definition) is 2. The molecule has 0 radical (unpaired) electrons. The molecule has 0 bridgehead atoms. The number of benzene rings is 2. The molecule has 0 amide bonds. The summed E-state index contributed by atoms with van der Waals surface area (Å²) in [6.45, 7) is 5.90. The zero-order valence-electron chi connectivity index (χ0n) is 18.7. The maximum Gasteiger partial charge on any atom is 0.253 e. The zero-order chi connectivity index (χ0) is 22.7. The molecule has 2 aromatic carbocycles. The molecule has 1 aromatic heterocycles. The first-order chi connectivity index (χ1) is 15.4. The van der Waals surface area contributed by atoms with Gasteiger partial charge >= 0.3 is 0 Å². The van der Waals surface area contributed by atoms with Crippen LogP contribution in [0.25, 0.3) is 10.9 Å². The zero-order valence-corrected chi connectivity index (χ0v) is 19.6. The van der Waals surface area contributed by atoms with Crippen molar-refractivity contribution < 1.29 is 9.47 Å². The highest BCUT2D eigenvalue weighted by Crippen LogP contribution is 2.24. The van der Waals surface area contributed by atoms with Crippen molar-refractivity contribution in [3.05, 3.63) is 69.5 Å². The second-order valence-electron chi connectivity index (χ2n) is 8.29. The molecule has 32 heavy (non-hydrogen) atoms. The normalized spacial score (nSPS) is 15.7. The van der Waals surface area contributed by atoms with Crippen LogP contribution in [0.3, 0.4) is 0 Å². The minimum absolute atomic E-state index is 0.0943. The van der Waals surface area contributed by atoms with E-state index in [-0.39, 0.29) is 11.7 Å².